The second-order valence-electron chi connectivity index (χ2n) is 5.12. The summed E-state index contributed by atoms with van der Waals surface area (Å²) in [5.74, 6) is 3.36. The number of aromatic nitrogens is 3. The standard InChI is InChI=1S/C12H20N4/c1-2-4-6-9(5-3-1)11-14-12(16-15-11)10-7-13-8-10/h9-10,13H,1-8H2,(H,14,15,16). The Balaban J connectivity index is 1.70. The molecule has 1 aliphatic carbocycles. The molecule has 1 saturated carbocycles. The van der Waals surface area contributed by atoms with E-state index >= 15 is 0 Å². The summed E-state index contributed by atoms with van der Waals surface area (Å²) in [5.41, 5.74) is 0. The zero-order chi connectivity index (χ0) is 10.8. The van der Waals surface area contributed by atoms with Crippen LogP contribution in [0.3, 0.4) is 0 Å². The number of hydrogen-bond donors (Lipinski definition) is 2. The molecule has 4 nitrogen and oxygen atoms in total. The molecular formula is C12H20N4. The summed E-state index contributed by atoms with van der Waals surface area (Å²) in [6.45, 7) is 2.09. The van der Waals surface area contributed by atoms with Crippen LogP contribution in [0.2, 0.25) is 0 Å². The van der Waals surface area contributed by atoms with Crippen LogP contribution in [0.25, 0.3) is 0 Å². The molecule has 16 heavy (non-hydrogen) atoms. The van der Waals surface area contributed by atoms with Gasteiger partial charge in [-0.05, 0) is 12.8 Å². The molecule has 88 valence electrons. The first-order chi connectivity index (χ1) is 7.93. The van der Waals surface area contributed by atoms with E-state index in [1.165, 1.54) is 38.5 Å². The lowest BCUT2D eigenvalue weighted by molar-refractivity contribution is 0.430. The van der Waals surface area contributed by atoms with E-state index in [2.05, 4.69) is 15.5 Å². The van der Waals surface area contributed by atoms with E-state index < -0.39 is 0 Å². The lowest BCUT2D eigenvalue weighted by atomic mass is 9.99. The third kappa shape index (κ3) is 1.98. The van der Waals surface area contributed by atoms with Gasteiger partial charge in [-0.25, -0.2) is 4.98 Å². The highest BCUT2D eigenvalue weighted by Gasteiger charge is 2.25. The molecule has 0 bridgehead atoms. The molecule has 1 aliphatic heterocycles. The van der Waals surface area contributed by atoms with E-state index in [0.717, 1.165) is 24.7 Å². The minimum Gasteiger partial charge on any atom is -0.315 e. The Morgan fingerprint density at radius 2 is 1.69 bits per heavy atom. The molecule has 2 fully saturated rings. The lowest BCUT2D eigenvalue weighted by Crippen LogP contribution is -2.40. The van der Waals surface area contributed by atoms with Crippen LogP contribution in [0.15, 0.2) is 0 Å². The van der Waals surface area contributed by atoms with Crippen LogP contribution in [0.4, 0.5) is 0 Å². The molecule has 4 heteroatoms. The fourth-order valence-electron chi connectivity index (χ4n) is 2.68. The van der Waals surface area contributed by atoms with Gasteiger partial charge in [-0.3, -0.25) is 5.10 Å². The first-order valence-electron chi connectivity index (χ1n) is 6.56. The normalized spacial score (nSPS) is 24.0. The molecule has 1 aromatic heterocycles. The van der Waals surface area contributed by atoms with Gasteiger partial charge >= 0.3 is 0 Å². The Hall–Kier alpha value is -0.900. The summed E-state index contributed by atoms with van der Waals surface area (Å²) >= 11 is 0. The first kappa shape index (κ1) is 10.3. The van der Waals surface area contributed by atoms with Crippen LogP contribution in [-0.4, -0.2) is 28.3 Å². The second-order valence-corrected chi connectivity index (χ2v) is 5.12. The monoisotopic (exact) mass is 220 g/mol. The van der Waals surface area contributed by atoms with Gasteiger partial charge < -0.3 is 5.32 Å². The third-order valence-corrected chi connectivity index (χ3v) is 3.91. The van der Waals surface area contributed by atoms with Gasteiger partial charge in [-0.15, -0.1) is 0 Å². The Morgan fingerprint density at radius 3 is 2.31 bits per heavy atom. The molecular weight excluding hydrogens is 200 g/mol. The number of hydrogen-bond acceptors (Lipinski definition) is 3. The van der Waals surface area contributed by atoms with Crippen LogP contribution < -0.4 is 5.32 Å². The Morgan fingerprint density at radius 1 is 0.938 bits per heavy atom. The van der Waals surface area contributed by atoms with Crippen molar-refractivity contribution in [2.24, 2.45) is 0 Å². The molecule has 3 rings (SSSR count). The highest BCUT2D eigenvalue weighted by atomic mass is 15.2. The van der Waals surface area contributed by atoms with Gasteiger partial charge in [-0.1, -0.05) is 25.7 Å². The van der Waals surface area contributed by atoms with Crippen LogP contribution >= 0.6 is 0 Å². The number of aromatic amines is 1. The average molecular weight is 220 g/mol. The van der Waals surface area contributed by atoms with Crippen LogP contribution in [0, 0.1) is 0 Å². The van der Waals surface area contributed by atoms with Crippen LogP contribution in [0.1, 0.15) is 62.0 Å². The summed E-state index contributed by atoms with van der Waals surface area (Å²) < 4.78 is 0. The van der Waals surface area contributed by atoms with Gasteiger partial charge in [-0.2, -0.15) is 5.10 Å². The molecule has 0 radical (unpaired) electrons. The smallest absolute Gasteiger partial charge is 0.156 e. The predicted octanol–water partition coefficient (Wildman–Crippen LogP) is 1.93. The summed E-state index contributed by atoms with van der Waals surface area (Å²) in [4.78, 5) is 4.69. The number of nitrogens with one attached hydrogen (secondary N) is 2. The van der Waals surface area contributed by atoms with Crippen molar-refractivity contribution in [1.29, 1.82) is 0 Å². The third-order valence-electron chi connectivity index (χ3n) is 3.91. The minimum atomic E-state index is 0.552. The maximum Gasteiger partial charge on any atom is 0.156 e. The molecule has 2 N–H and O–H groups in total. The van der Waals surface area contributed by atoms with Gasteiger partial charge in [0, 0.05) is 24.9 Å². The van der Waals surface area contributed by atoms with Crippen LogP contribution in [0.5, 0.6) is 0 Å². The maximum atomic E-state index is 4.69. The van der Waals surface area contributed by atoms with Crippen molar-refractivity contribution in [3.05, 3.63) is 11.6 Å². The Bertz CT molecular complexity index is 335. The zero-order valence-corrected chi connectivity index (χ0v) is 9.71. The Labute approximate surface area is 96.2 Å². The van der Waals surface area contributed by atoms with E-state index in [1.54, 1.807) is 0 Å². The van der Waals surface area contributed by atoms with Crippen molar-refractivity contribution in [2.75, 3.05) is 13.1 Å². The van der Waals surface area contributed by atoms with Crippen molar-refractivity contribution in [3.63, 3.8) is 0 Å². The molecule has 2 aliphatic rings. The minimum absolute atomic E-state index is 0.552. The van der Waals surface area contributed by atoms with Gasteiger partial charge in [0.1, 0.15) is 5.82 Å². The summed E-state index contributed by atoms with van der Waals surface area (Å²) in [6.07, 6.45) is 8.07. The van der Waals surface area contributed by atoms with E-state index in [0.29, 0.717) is 11.8 Å². The Kier molecular flexibility index (Phi) is 2.91. The van der Waals surface area contributed by atoms with Crippen molar-refractivity contribution in [1.82, 2.24) is 20.5 Å². The first-order valence-corrected chi connectivity index (χ1v) is 6.56. The van der Waals surface area contributed by atoms with E-state index in [-0.39, 0.29) is 0 Å². The van der Waals surface area contributed by atoms with Crippen molar-refractivity contribution >= 4 is 0 Å². The van der Waals surface area contributed by atoms with Crippen molar-refractivity contribution in [3.8, 4) is 0 Å². The van der Waals surface area contributed by atoms with E-state index in [9.17, 15) is 0 Å². The highest BCUT2D eigenvalue weighted by Crippen LogP contribution is 2.30. The molecule has 0 atom stereocenters. The SMILES string of the molecule is C1CCCC(c2nc(C3CNC3)n[nH]2)CC1. The van der Waals surface area contributed by atoms with Crippen molar-refractivity contribution in [2.45, 2.75) is 50.4 Å². The van der Waals surface area contributed by atoms with Gasteiger partial charge in [0.25, 0.3) is 0 Å². The number of rotatable bonds is 2. The summed E-state index contributed by atoms with van der Waals surface area (Å²) in [5, 5.41) is 10.8. The average Bonchev–Trinajstić information content (AvgIpc) is 2.52. The number of nitrogens with zero attached hydrogens (tertiary/aromatic N) is 2. The van der Waals surface area contributed by atoms with Gasteiger partial charge in [0.2, 0.25) is 0 Å². The zero-order valence-electron chi connectivity index (χ0n) is 9.71. The summed E-state index contributed by atoms with van der Waals surface area (Å²) in [7, 11) is 0. The number of H-pyrrole nitrogens is 1. The fraction of sp³-hybridized carbons (Fsp3) is 0.833. The molecule has 2 heterocycles. The molecule has 1 saturated heterocycles. The van der Waals surface area contributed by atoms with Crippen molar-refractivity contribution < 1.29 is 0 Å². The molecule has 0 amide bonds. The molecule has 0 spiro atoms. The predicted molar refractivity (Wildman–Crippen MR) is 62.4 cm³/mol. The second kappa shape index (κ2) is 4.53. The molecule has 0 unspecified atom stereocenters. The van der Waals surface area contributed by atoms with Gasteiger partial charge in [0.15, 0.2) is 5.82 Å². The van der Waals surface area contributed by atoms with E-state index in [4.69, 9.17) is 4.98 Å². The van der Waals surface area contributed by atoms with E-state index in [1.807, 2.05) is 0 Å². The van der Waals surface area contributed by atoms with Gasteiger partial charge in [0.05, 0.1) is 0 Å². The maximum absolute atomic E-state index is 4.69. The van der Waals surface area contributed by atoms with Crippen LogP contribution in [-0.2, 0) is 0 Å². The molecule has 0 aromatic carbocycles. The lowest BCUT2D eigenvalue weighted by Gasteiger charge is -2.23. The quantitative estimate of drug-likeness (QED) is 0.749. The largest absolute Gasteiger partial charge is 0.315 e. The fourth-order valence-corrected chi connectivity index (χ4v) is 2.68. The summed E-state index contributed by atoms with van der Waals surface area (Å²) in [6, 6.07) is 0. The highest BCUT2D eigenvalue weighted by molar-refractivity contribution is 5.06. The molecule has 1 aromatic rings. The topological polar surface area (TPSA) is 53.6 Å².